The zero-order valence-corrected chi connectivity index (χ0v) is 8.27. The van der Waals surface area contributed by atoms with Crippen molar-refractivity contribution in [1.29, 1.82) is 0 Å². The van der Waals surface area contributed by atoms with E-state index in [1.165, 1.54) is 0 Å². The van der Waals surface area contributed by atoms with Crippen molar-refractivity contribution in [2.24, 2.45) is 5.73 Å². The number of rotatable bonds is 2. The highest BCUT2D eigenvalue weighted by atomic mass is 32.2. The molecule has 2 N–H and O–H groups in total. The van der Waals surface area contributed by atoms with E-state index in [-0.39, 0.29) is 11.9 Å². The van der Waals surface area contributed by atoms with Gasteiger partial charge in [-0.3, -0.25) is 4.79 Å². The van der Waals surface area contributed by atoms with Crippen LogP contribution in [0.2, 0.25) is 0 Å². The van der Waals surface area contributed by atoms with Gasteiger partial charge in [0.05, 0.1) is 6.04 Å². The van der Waals surface area contributed by atoms with Crippen LogP contribution in [0.3, 0.4) is 0 Å². The number of amides is 1. The lowest BCUT2D eigenvalue weighted by Crippen LogP contribution is -2.46. The zero-order chi connectivity index (χ0) is 8.97. The van der Waals surface area contributed by atoms with Crippen molar-refractivity contribution in [1.82, 2.24) is 4.90 Å². The minimum atomic E-state index is -0.284. The van der Waals surface area contributed by atoms with Gasteiger partial charge in [0.25, 0.3) is 0 Å². The van der Waals surface area contributed by atoms with Crippen LogP contribution in [0.5, 0.6) is 0 Å². The van der Waals surface area contributed by atoms with E-state index in [0.717, 1.165) is 31.0 Å². The summed E-state index contributed by atoms with van der Waals surface area (Å²) >= 11 is 1.90. The second-order valence-electron chi connectivity index (χ2n) is 2.95. The Morgan fingerprint density at radius 1 is 1.58 bits per heavy atom. The van der Waals surface area contributed by atoms with Crippen molar-refractivity contribution in [3.8, 4) is 0 Å². The first kappa shape index (κ1) is 9.86. The average molecular weight is 188 g/mol. The van der Waals surface area contributed by atoms with Crippen molar-refractivity contribution >= 4 is 17.7 Å². The Morgan fingerprint density at radius 2 is 2.17 bits per heavy atom. The van der Waals surface area contributed by atoms with E-state index in [1.54, 1.807) is 0 Å². The third kappa shape index (κ3) is 2.38. The Labute approximate surface area is 77.7 Å². The van der Waals surface area contributed by atoms with E-state index < -0.39 is 0 Å². The van der Waals surface area contributed by atoms with Crippen LogP contribution >= 0.6 is 11.8 Å². The topological polar surface area (TPSA) is 46.3 Å². The molecule has 1 heterocycles. The van der Waals surface area contributed by atoms with Crippen molar-refractivity contribution in [3.63, 3.8) is 0 Å². The highest BCUT2D eigenvalue weighted by Gasteiger charge is 2.20. The van der Waals surface area contributed by atoms with E-state index in [9.17, 15) is 4.79 Å². The van der Waals surface area contributed by atoms with Crippen LogP contribution in [0.15, 0.2) is 0 Å². The maximum absolute atomic E-state index is 11.5. The minimum absolute atomic E-state index is 0.123. The van der Waals surface area contributed by atoms with E-state index in [2.05, 4.69) is 0 Å². The molecule has 1 amide bonds. The van der Waals surface area contributed by atoms with Gasteiger partial charge in [0.15, 0.2) is 0 Å². The summed E-state index contributed by atoms with van der Waals surface area (Å²) in [6.45, 7) is 3.69. The van der Waals surface area contributed by atoms with E-state index in [1.807, 2.05) is 23.6 Å². The van der Waals surface area contributed by atoms with Crippen molar-refractivity contribution in [2.45, 2.75) is 19.4 Å². The smallest absolute Gasteiger partial charge is 0.239 e. The van der Waals surface area contributed by atoms with Gasteiger partial charge in [0, 0.05) is 24.6 Å². The first-order valence-corrected chi connectivity index (χ1v) is 5.53. The zero-order valence-electron chi connectivity index (χ0n) is 7.45. The molecule has 1 aliphatic heterocycles. The van der Waals surface area contributed by atoms with Gasteiger partial charge in [-0.05, 0) is 6.42 Å². The Hall–Kier alpha value is -0.220. The monoisotopic (exact) mass is 188 g/mol. The number of nitrogens with zero attached hydrogens (tertiary/aromatic N) is 1. The molecule has 1 fully saturated rings. The highest BCUT2D eigenvalue weighted by Crippen LogP contribution is 2.10. The molecule has 0 aromatic carbocycles. The van der Waals surface area contributed by atoms with Crippen LogP contribution in [0.1, 0.15) is 13.3 Å². The van der Waals surface area contributed by atoms with Gasteiger partial charge >= 0.3 is 0 Å². The van der Waals surface area contributed by atoms with Crippen LogP contribution in [0.25, 0.3) is 0 Å². The summed E-state index contributed by atoms with van der Waals surface area (Å²) in [5, 5.41) is 0. The van der Waals surface area contributed by atoms with E-state index in [4.69, 9.17) is 5.73 Å². The van der Waals surface area contributed by atoms with Crippen LogP contribution in [0.4, 0.5) is 0 Å². The van der Waals surface area contributed by atoms with Gasteiger partial charge in [-0.1, -0.05) is 6.92 Å². The molecule has 0 radical (unpaired) electrons. The minimum Gasteiger partial charge on any atom is -0.340 e. The van der Waals surface area contributed by atoms with Gasteiger partial charge < -0.3 is 10.6 Å². The summed E-state index contributed by atoms with van der Waals surface area (Å²) in [5.74, 6) is 2.24. The fourth-order valence-corrected chi connectivity index (χ4v) is 2.10. The maximum atomic E-state index is 11.5. The van der Waals surface area contributed by atoms with Crippen LogP contribution in [-0.2, 0) is 4.79 Å². The lowest BCUT2D eigenvalue weighted by Gasteiger charge is -2.28. The lowest BCUT2D eigenvalue weighted by atomic mass is 10.2. The molecule has 12 heavy (non-hydrogen) atoms. The molecule has 70 valence electrons. The van der Waals surface area contributed by atoms with Crippen LogP contribution in [-0.4, -0.2) is 41.4 Å². The number of carbonyl (C=O) groups excluding carboxylic acids is 1. The normalized spacial score (nSPS) is 20.7. The van der Waals surface area contributed by atoms with Gasteiger partial charge in [0.1, 0.15) is 0 Å². The molecule has 0 spiro atoms. The molecule has 1 rings (SSSR count). The second-order valence-corrected chi connectivity index (χ2v) is 4.18. The predicted molar refractivity (Wildman–Crippen MR) is 52.2 cm³/mol. The fraction of sp³-hybridized carbons (Fsp3) is 0.875. The molecule has 1 saturated heterocycles. The summed E-state index contributed by atoms with van der Waals surface area (Å²) in [6.07, 6.45) is 0.739. The number of thioether (sulfide) groups is 1. The maximum Gasteiger partial charge on any atom is 0.239 e. The molecular formula is C8H16N2OS. The van der Waals surface area contributed by atoms with Gasteiger partial charge in [-0.15, -0.1) is 0 Å². The largest absolute Gasteiger partial charge is 0.340 e. The average Bonchev–Trinajstić information content (AvgIpc) is 2.17. The lowest BCUT2D eigenvalue weighted by molar-refractivity contribution is -0.132. The summed E-state index contributed by atoms with van der Waals surface area (Å²) in [5.41, 5.74) is 5.65. The molecular weight excluding hydrogens is 172 g/mol. The molecule has 3 nitrogen and oxygen atoms in total. The van der Waals surface area contributed by atoms with Crippen molar-refractivity contribution in [2.75, 3.05) is 24.6 Å². The number of nitrogens with two attached hydrogens (primary N) is 1. The number of hydrogen-bond donors (Lipinski definition) is 1. The first-order chi connectivity index (χ1) is 5.75. The van der Waals surface area contributed by atoms with Gasteiger partial charge in [0.2, 0.25) is 5.91 Å². The highest BCUT2D eigenvalue weighted by molar-refractivity contribution is 7.99. The summed E-state index contributed by atoms with van der Waals surface area (Å²) in [4.78, 5) is 13.4. The second kappa shape index (κ2) is 4.72. The van der Waals surface area contributed by atoms with Crippen molar-refractivity contribution in [3.05, 3.63) is 0 Å². The predicted octanol–water partition coefficient (Wildman–Crippen LogP) is 0.299. The molecule has 1 atom stereocenters. The van der Waals surface area contributed by atoms with E-state index in [0.29, 0.717) is 0 Å². The molecule has 1 aliphatic rings. The number of hydrogen-bond acceptors (Lipinski definition) is 3. The Bertz CT molecular complexity index is 157. The Morgan fingerprint density at radius 3 is 2.67 bits per heavy atom. The Kier molecular flexibility index (Phi) is 3.88. The molecule has 0 aromatic heterocycles. The fourth-order valence-electron chi connectivity index (χ4n) is 1.19. The molecule has 0 saturated carbocycles. The van der Waals surface area contributed by atoms with Gasteiger partial charge in [-0.25, -0.2) is 0 Å². The standard InChI is InChI=1S/C8H16N2OS/c1-2-7(9)8(11)10-3-5-12-6-4-10/h7H,2-6,9H2,1H3/t7-/m0/s1. The summed E-state index contributed by atoms with van der Waals surface area (Å²) < 4.78 is 0. The van der Waals surface area contributed by atoms with Crippen LogP contribution < -0.4 is 5.73 Å². The summed E-state index contributed by atoms with van der Waals surface area (Å²) in [7, 11) is 0. The third-order valence-electron chi connectivity index (χ3n) is 2.08. The Balaban J connectivity index is 2.39. The van der Waals surface area contributed by atoms with Crippen molar-refractivity contribution < 1.29 is 4.79 Å². The van der Waals surface area contributed by atoms with Gasteiger partial charge in [-0.2, -0.15) is 11.8 Å². The summed E-state index contributed by atoms with van der Waals surface area (Å²) in [6, 6.07) is -0.284. The SMILES string of the molecule is CC[C@H](N)C(=O)N1CCSCC1. The quantitative estimate of drug-likeness (QED) is 0.678. The molecule has 0 bridgehead atoms. The van der Waals surface area contributed by atoms with Crippen LogP contribution in [0, 0.1) is 0 Å². The molecule has 0 aliphatic carbocycles. The third-order valence-corrected chi connectivity index (χ3v) is 3.02. The molecule has 0 aromatic rings. The number of carbonyl (C=O) groups is 1. The molecule has 4 heteroatoms. The molecule has 0 unspecified atom stereocenters. The first-order valence-electron chi connectivity index (χ1n) is 4.37. The van der Waals surface area contributed by atoms with E-state index >= 15 is 0 Å².